The van der Waals surface area contributed by atoms with Crippen LogP contribution >= 0.6 is 22.9 Å². The molecule has 0 spiro atoms. The molecular weight excluding hydrogens is 330 g/mol. The van der Waals surface area contributed by atoms with E-state index in [1.807, 2.05) is 30.3 Å². The zero-order chi connectivity index (χ0) is 16.4. The molecule has 0 aliphatic carbocycles. The summed E-state index contributed by atoms with van der Waals surface area (Å²) in [6, 6.07) is 11.4. The van der Waals surface area contributed by atoms with Crippen LogP contribution in [-0.2, 0) is 6.54 Å². The largest absolute Gasteiger partial charge is 0.309 e. The molecule has 0 aliphatic rings. The highest BCUT2D eigenvalue weighted by molar-refractivity contribution is 7.16. The predicted molar refractivity (Wildman–Crippen MR) is 96.2 cm³/mol. The van der Waals surface area contributed by atoms with Gasteiger partial charge in [0.15, 0.2) is 0 Å². The van der Waals surface area contributed by atoms with Crippen molar-refractivity contribution in [3.63, 3.8) is 0 Å². The molecule has 0 aliphatic heterocycles. The van der Waals surface area contributed by atoms with E-state index in [0.717, 1.165) is 22.9 Å². The number of para-hydroxylation sites is 1. The van der Waals surface area contributed by atoms with E-state index in [9.17, 15) is 4.79 Å². The molecule has 4 nitrogen and oxygen atoms in total. The minimum Gasteiger partial charge on any atom is -0.309 e. The molecule has 1 N–H and O–H groups in total. The van der Waals surface area contributed by atoms with E-state index in [0.29, 0.717) is 11.2 Å². The Labute approximate surface area is 143 Å². The lowest BCUT2D eigenvalue weighted by atomic mass is 10.2. The molecule has 0 bridgehead atoms. The summed E-state index contributed by atoms with van der Waals surface area (Å²) >= 11 is 7.59. The van der Waals surface area contributed by atoms with Crippen LogP contribution in [0.3, 0.4) is 0 Å². The topological polar surface area (TPSA) is 49.0 Å². The number of nitrogens with one attached hydrogen (secondary N) is 1. The van der Waals surface area contributed by atoms with E-state index in [4.69, 9.17) is 11.6 Å². The molecule has 3 aromatic rings. The van der Waals surface area contributed by atoms with Crippen molar-refractivity contribution in [3.05, 3.63) is 61.8 Å². The van der Waals surface area contributed by atoms with Crippen molar-refractivity contribution in [2.75, 3.05) is 6.54 Å². The van der Waals surface area contributed by atoms with Crippen molar-refractivity contribution in [2.45, 2.75) is 26.4 Å². The molecule has 2 heterocycles. The fraction of sp³-hybridized carbons (Fsp3) is 0.294. The van der Waals surface area contributed by atoms with Gasteiger partial charge in [0, 0.05) is 11.4 Å². The van der Waals surface area contributed by atoms with Crippen LogP contribution in [0, 0.1) is 0 Å². The van der Waals surface area contributed by atoms with Gasteiger partial charge in [0.2, 0.25) is 0 Å². The number of hydrogen-bond donors (Lipinski definition) is 1. The van der Waals surface area contributed by atoms with Crippen LogP contribution in [0.25, 0.3) is 10.9 Å². The van der Waals surface area contributed by atoms with E-state index >= 15 is 0 Å². The van der Waals surface area contributed by atoms with Gasteiger partial charge in [0.25, 0.3) is 5.56 Å². The Hall–Kier alpha value is -1.69. The molecule has 23 heavy (non-hydrogen) atoms. The summed E-state index contributed by atoms with van der Waals surface area (Å²) in [6.45, 7) is 5.80. The van der Waals surface area contributed by atoms with Crippen LogP contribution < -0.4 is 5.56 Å². The standard InChI is InChI=1S/C17H18ClN3OS/c1-3-21(10-12-8-9-15(18)23-12)11(2)16-19-14-7-5-4-6-13(14)17(22)20-16/h4-9,11H,3,10H2,1-2H3,(H,19,20,22). The van der Waals surface area contributed by atoms with E-state index in [2.05, 4.69) is 28.7 Å². The molecule has 0 amide bonds. The molecule has 6 heteroatoms. The van der Waals surface area contributed by atoms with Crippen molar-refractivity contribution in [1.82, 2.24) is 14.9 Å². The summed E-state index contributed by atoms with van der Waals surface area (Å²) in [7, 11) is 0. The maximum atomic E-state index is 12.2. The van der Waals surface area contributed by atoms with Gasteiger partial charge >= 0.3 is 0 Å². The molecule has 3 rings (SSSR count). The van der Waals surface area contributed by atoms with Gasteiger partial charge in [-0.2, -0.15) is 0 Å². The number of nitrogens with zero attached hydrogens (tertiary/aromatic N) is 2. The number of rotatable bonds is 5. The van der Waals surface area contributed by atoms with Crippen LogP contribution in [0.2, 0.25) is 4.34 Å². The molecule has 0 saturated carbocycles. The number of aromatic amines is 1. The molecule has 0 radical (unpaired) electrons. The van der Waals surface area contributed by atoms with Crippen molar-refractivity contribution < 1.29 is 0 Å². The van der Waals surface area contributed by atoms with Gasteiger partial charge < -0.3 is 4.98 Å². The van der Waals surface area contributed by atoms with Gasteiger partial charge in [0.05, 0.1) is 21.3 Å². The van der Waals surface area contributed by atoms with Crippen LogP contribution in [0.4, 0.5) is 0 Å². The quantitative estimate of drug-likeness (QED) is 0.751. The highest BCUT2D eigenvalue weighted by Gasteiger charge is 2.18. The smallest absolute Gasteiger partial charge is 0.258 e. The van der Waals surface area contributed by atoms with Crippen LogP contribution in [0.15, 0.2) is 41.2 Å². The molecule has 1 aromatic carbocycles. The van der Waals surface area contributed by atoms with Crippen molar-refractivity contribution >= 4 is 33.8 Å². The van der Waals surface area contributed by atoms with E-state index < -0.39 is 0 Å². The first-order chi connectivity index (χ1) is 11.1. The fourth-order valence-electron chi connectivity index (χ4n) is 2.63. The van der Waals surface area contributed by atoms with Gasteiger partial charge in [-0.05, 0) is 37.7 Å². The van der Waals surface area contributed by atoms with E-state index in [-0.39, 0.29) is 11.6 Å². The first kappa shape index (κ1) is 16.2. The lowest BCUT2D eigenvalue weighted by Gasteiger charge is -2.26. The molecule has 120 valence electrons. The Morgan fingerprint density at radius 3 is 2.78 bits per heavy atom. The number of thiophene rings is 1. The average Bonchev–Trinajstić information content (AvgIpc) is 2.97. The maximum Gasteiger partial charge on any atom is 0.258 e. The third-order valence-electron chi connectivity index (χ3n) is 3.97. The highest BCUT2D eigenvalue weighted by Crippen LogP contribution is 2.26. The minimum absolute atomic E-state index is 0.0122. The number of fused-ring (bicyclic) bond motifs is 1. The third-order valence-corrected chi connectivity index (χ3v) is 5.18. The fourth-order valence-corrected chi connectivity index (χ4v) is 3.75. The lowest BCUT2D eigenvalue weighted by molar-refractivity contribution is 0.207. The third kappa shape index (κ3) is 3.47. The van der Waals surface area contributed by atoms with Gasteiger partial charge in [-0.3, -0.25) is 9.69 Å². The van der Waals surface area contributed by atoms with Gasteiger partial charge in [-0.1, -0.05) is 30.7 Å². The summed E-state index contributed by atoms with van der Waals surface area (Å²) in [4.78, 5) is 23.3. The first-order valence-electron chi connectivity index (χ1n) is 7.55. The second-order valence-corrected chi connectivity index (χ2v) is 7.21. The Bertz CT molecular complexity index is 873. The minimum atomic E-state index is -0.0901. The van der Waals surface area contributed by atoms with Gasteiger partial charge in [-0.25, -0.2) is 4.98 Å². The molecule has 0 saturated heterocycles. The zero-order valence-corrected chi connectivity index (χ0v) is 14.6. The Morgan fingerprint density at radius 2 is 2.09 bits per heavy atom. The second-order valence-electron chi connectivity index (χ2n) is 5.41. The van der Waals surface area contributed by atoms with E-state index in [1.165, 1.54) is 4.88 Å². The normalized spacial score (nSPS) is 12.9. The summed E-state index contributed by atoms with van der Waals surface area (Å²) in [5.74, 6) is 0.693. The van der Waals surface area contributed by atoms with Crippen LogP contribution in [0.1, 0.15) is 30.6 Å². The summed E-state index contributed by atoms with van der Waals surface area (Å²) in [6.07, 6.45) is 0. The summed E-state index contributed by atoms with van der Waals surface area (Å²) < 4.78 is 0.793. The van der Waals surface area contributed by atoms with Crippen molar-refractivity contribution in [3.8, 4) is 0 Å². The zero-order valence-electron chi connectivity index (χ0n) is 13.0. The molecule has 0 fully saturated rings. The molecule has 1 atom stereocenters. The van der Waals surface area contributed by atoms with Gasteiger partial charge in [0.1, 0.15) is 5.82 Å². The number of halogens is 1. The maximum absolute atomic E-state index is 12.2. The van der Waals surface area contributed by atoms with Gasteiger partial charge in [-0.15, -0.1) is 11.3 Å². The van der Waals surface area contributed by atoms with E-state index in [1.54, 1.807) is 17.4 Å². The Morgan fingerprint density at radius 1 is 1.30 bits per heavy atom. The van der Waals surface area contributed by atoms with Crippen LogP contribution in [0.5, 0.6) is 0 Å². The lowest BCUT2D eigenvalue weighted by Crippen LogP contribution is -2.29. The SMILES string of the molecule is CCN(Cc1ccc(Cl)s1)C(C)c1nc2ccccc2c(=O)[nH]1. The second kappa shape index (κ2) is 6.83. The first-order valence-corrected chi connectivity index (χ1v) is 8.75. The molecule has 1 unspecified atom stereocenters. The number of aromatic nitrogens is 2. The monoisotopic (exact) mass is 347 g/mol. The van der Waals surface area contributed by atoms with Crippen molar-refractivity contribution in [1.29, 1.82) is 0 Å². The number of hydrogen-bond acceptors (Lipinski definition) is 4. The van der Waals surface area contributed by atoms with Crippen molar-refractivity contribution in [2.24, 2.45) is 0 Å². The molecular formula is C17H18ClN3OS. The summed E-state index contributed by atoms with van der Waals surface area (Å²) in [5, 5.41) is 0.622. The predicted octanol–water partition coefficient (Wildman–Crippen LogP) is 4.22. The average molecular weight is 348 g/mol. The highest BCUT2D eigenvalue weighted by atomic mass is 35.5. The Balaban J connectivity index is 1.91. The molecule has 2 aromatic heterocycles. The van der Waals surface area contributed by atoms with Crippen LogP contribution in [-0.4, -0.2) is 21.4 Å². The number of H-pyrrole nitrogens is 1. The Kier molecular flexibility index (Phi) is 4.80. The number of benzene rings is 1. The summed E-state index contributed by atoms with van der Waals surface area (Å²) in [5.41, 5.74) is 0.640.